The number of aromatic nitrogens is 1. The van der Waals surface area contributed by atoms with E-state index in [-0.39, 0.29) is 11.9 Å². The molecule has 0 saturated carbocycles. The fourth-order valence-corrected chi connectivity index (χ4v) is 1.52. The number of pyridine rings is 1. The Morgan fingerprint density at radius 3 is 2.94 bits per heavy atom. The first kappa shape index (κ1) is 12.6. The third kappa shape index (κ3) is 3.62. The second-order valence-electron chi connectivity index (χ2n) is 3.83. The highest BCUT2D eigenvalue weighted by molar-refractivity contribution is 5.92. The lowest BCUT2D eigenvalue weighted by Crippen LogP contribution is -2.34. The summed E-state index contributed by atoms with van der Waals surface area (Å²) in [5, 5.41) is 3.22. The molecule has 1 rings (SSSR count). The monoisotopic (exact) mass is 221 g/mol. The van der Waals surface area contributed by atoms with Crippen molar-refractivity contribution in [2.75, 3.05) is 18.5 Å². The topological polar surface area (TPSA) is 45.2 Å². The van der Waals surface area contributed by atoms with E-state index in [1.165, 1.54) is 0 Å². The predicted octanol–water partition coefficient (Wildman–Crippen LogP) is 1.43. The number of amides is 1. The standard InChI is InChI=1S/C12H19N3O/c1-4-14-10(2)8-12(16)15(3)11-6-5-7-13-9-11/h5-7,9-10,14H,4,8H2,1-3H3. The first-order valence-corrected chi connectivity index (χ1v) is 5.55. The minimum absolute atomic E-state index is 0.0986. The number of carbonyl (C=O) groups is 1. The van der Waals surface area contributed by atoms with Crippen molar-refractivity contribution < 1.29 is 4.79 Å². The van der Waals surface area contributed by atoms with Crippen molar-refractivity contribution in [1.29, 1.82) is 0 Å². The van der Waals surface area contributed by atoms with Gasteiger partial charge in [-0.05, 0) is 25.6 Å². The van der Waals surface area contributed by atoms with Gasteiger partial charge in [0.2, 0.25) is 5.91 Å². The molecule has 0 bridgehead atoms. The summed E-state index contributed by atoms with van der Waals surface area (Å²) in [5.41, 5.74) is 0.830. The number of hydrogen-bond acceptors (Lipinski definition) is 3. The van der Waals surface area contributed by atoms with Gasteiger partial charge in [-0.3, -0.25) is 9.78 Å². The lowest BCUT2D eigenvalue weighted by molar-refractivity contribution is -0.118. The zero-order valence-corrected chi connectivity index (χ0v) is 10.1. The molecule has 16 heavy (non-hydrogen) atoms. The molecule has 0 spiro atoms. The molecule has 0 saturated heterocycles. The molecule has 1 aromatic heterocycles. The molecule has 1 amide bonds. The third-order valence-corrected chi connectivity index (χ3v) is 2.44. The van der Waals surface area contributed by atoms with Gasteiger partial charge < -0.3 is 10.2 Å². The molecule has 1 atom stereocenters. The lowest BCUT2D eigenvalue weighted by atomic mass is 10.2. The maximum atomic E-state index is 11.9. The molecule has 0 aliphatic rings. The molecule has 0 radical (unpaired) electrons. The third-order valence-electron chi connectivity index (χ3n) is 2.44. The van der Waals surface area contributed by atoms with Crippen LogP contribution in [0.5, 0.6) is 0 Å². The van der Waals surface area contributed by atoms with Crippen LogP contribution in [0.25, 0.3) is 0 Å². The van der Waals surface area contributed by atoms with Crippen LogP contribution in [0.15, 0.2) is 24.5 Å². The van der Waals surface area contributed by atoms with Crippen molar-refractivity contribution in [3.8, 4) is 0 Å². The van der Waals surface area contributed by atoms with Crippen LogP contribution >= 0.6 is 0 Å². The first-order valence-electron chi connectivity index (χ1n) is 5.55. The fourth-order valence-electron chi connectivity index (χ4n) is 1.52. The van der Waals surface area contributed by atoms with E-state index in [4.69, 9.17) is 0 Å². The molecule has 88 valence electrons. The van der Waals surface area contributed by atoms with E-state index >= 15 is 0 Å². The molecule has 1 aromatic rings. The Kier molecular flexibility index (Phi) is 4.92. The predicted molar refractivity (Wildman–Crippen MR) is 65.4 cm³/mol. The highest BCUT2D eigenvalue weighted by Gasteiger charge is 2.13. The van der Waals surface area contributed by atoms with E-state index in [0.717, 1.165) is 12.2 Å². The van der Waals surface area contributed by atoms with E-state index in [9.17, 15) is 4.79 Å². The summed E-state index contributed by atoms with van der Waals surface area (Å²) in [4.78, 5) is 17.5. The second kappa shape index (κ2) is 6.23. The highest BCUT2D eigenvalue weighted by Crippen LogP contribution is 2.11. The molecule has 1 unspecified atom stereocenters. The summed E-state index contributed by atoms with van der Waals surface area (Å²) in [6.45, 7) is 4.93. The van der Waals surface area contributed by atoms with Crippen molar-refractivity contribution in [3.63, 3.8) is 0 Å². The van der Waals surface area contributed by atoms with Gasteiger partial charge in [-0.1, -0.05) is 6.92 Å². The Balaban J connectivity index is 2.55. The number of carbonyl (C=O) groups excluding carboxylic acids is 1. The Labute approximate surface area is 96.7 Å². The van der Waals surface area contributed by atoms with Gasteiger partial charge in [0.05, 0.1) is 11.9 Å². The maximum absolute atomic E-state index is 11.9. The van der Waals surface area contributed by atoms with E-state index in [1.54, 1.807) is 24.3 Å². The number of anilines is 1. The van der Waals surface area contributed by atoms with Crippen LogP contribution in [0.2, 0.25) is 0 Å². The molecule has 4 nitrogen and oxygen atoms in total. The van der Waals surface area contributed by atoms with E-state index in [1.807, 2.05) is 26.0 Å². The minimum Gasteiger partial charge on any atom is -0.314 e. The molecule has 1 N–H and O–H groups in total. The second-order valence-corrected chi connectivity index (χ2v) is 3.83. The van der Waals surface area contributed by atoms with Crippen LogP contribution in [-0.4, -0.2) is 30.5 Å². The van der Waals surface area contributed by atoms with Crippen LogP contribution in [-0.2, 0) is 4.79 Å². The van der Waals surface area contributed by atoms with Crippen LogP contribution in [0.3, 0.4) is 0 Å². The molecule has 0 aliphatic heterocycles. The summed E-state index contributed by atoms with van der Waals surface area (Å²) < 4.78 is 0. The zero-order chi connectivity index (χ0) is 12.0. The van der Waals surface area contributed by atoms with Crippen LogP contribution in [0.4, 0.5) is 5.69 Å². The van der Waals surface area contributed by atoms with Crippen LogP contribution in [0, 0.1) is 0 Å². The van der Waals surface area contributed by atoms with Crippen molar-refractivity contribution in [2.24, 2.45) is 0 Å². The van der Waals surface area contributed by atoms with Crippen LogP contribution in [0.1, 0.15) is 20.3 Å². The van der Waals surface area contributed by atoms with Gasteiger partial charge in [0.25, 0.3) is 0 Å². The van der Waals surface area contributed by atoms with E-state index < -0.39 is 0 Å². The van der Waals surface area contributed by atoms with Crippen molar-refractivity contribution in [1.82, 2.24) is 10.3 Å². The summed E-state index contributed by atoms with van der Waals surface area (Å²) >= 11 is 0. The summed E-state index contributed by atoms with van der Waals surface area (Å²) in [5.74, 6) is 0.0986. The van der Waals surface area contributed by atoms with Gasteiger partial charge in [-0.2, -0.15) is 0 Å². The molecule has 0 aliphatic carbocycles. The SMILES string of the molecule is CCNC(C)CC(=O)N(C)c1cccnc1. The van der Waals surface area contributed by atoms with Gasteiger partial charge in [-0.25, -0.2) is 0 Å². The number of rotatable bonds is 5. The Morgan fingerprint density at radius 1 is 1.62 bits per heavy atom. The quantitative estimate of drug-likeness (QED) is 0.818. The Morgan fingerprint density at radius 2 is 2.38 bits per heavy atom. The van der Waals surface area contributed by atoms with Crippen LogP contribution < -0.4 is 10.2 Å². The average Bonchev–Trinajstić information content (AvgIpc) is 2.29. The molecule has 1 heterocycles. The van der Waals surface area contributed by atoms with E-state index in [0.29, 0.717) is 6.42 Å². The number of hydrogen-bond donors (Lipinski definition) is 1. The van der Waals surface area contributed by atoms with Crippen molar-refractivity contribution in [2.45, 2.75) is 26.3 Å². The van der Waals surface area contributed by atoms with Crippen molar-refractivity contribution in [3.05, 3.63) is 24.5 Å². The summed E-state index contributed by atoms with van der Waals surface area (Å²) in [7, 11) is 1.78. The fraction of sp³-hybridized carbons (Fsp3) is 0.500. The average molecular weight is 221 g/mol. The smallest absolute Gasteiger partial charge is 0.228 e. The van der Waals surface area contributed by atoms with Gasteiger partial charge >= 0.3 is 0 Å². The number of nitrogens with one attached hydrogen (secondary N) is 1. The molecular formula is C12H19N3O. The lowest BCUT2D eigenvalue weighted by Gasteiger charge is -2.19. The van der Waals surface area contributed by atoms with Gasteiger partial charge in [0.1, 0.15) is 0 Å². The highest BCUT2D eigenvalue weighted by atomic mass is 16.2. The summed E-state index contributed by atoms with van der Waals surface area (Å²) in [6.07, 6.45) is 3.89. The normalized spacial score (nSPS) is 12.2. The molecule has 4 heteroatoms. The maximum Gasteiger partial charge on any atom is 0.228 e. The molecular weight excluding hydrogens is 202 g/mol. The van der Waals surface area contributed by atoms with Gasteiger partial charge in [0, 0.05) is 25.7 Å². The summed E-state index contributed by atoms with van der Waals surface area (Å²) in [6, 6.07) is 3.91. The van der Waals surface area contributed by atoms with E-state index in [2.05, 4.69) is 10.3 Å². The Bertz CT molecular complexity index is 326. The van der Waals surface area contributed by atoms with Crippen molar-refractivity contribution >= 4 is 11.6 Å². The minimum atomic E-state index is 0.0986. The zero-order valence-electron chi connectivity index (χ0n) is 10.1. The largest absolute Gasteiger partial charge is 0.314 e. The van der Waals surface area contributed by atoms with Gasteiger partial charge in [0.15, 0.2) is 0 Å². The molecule has 0 fully saturated rings. The van der Waals surface area contributed by atoms with Gasteiger partial charge in [-0.15, -0.1) is 0 Å². The number of nitrogens with zero attached hydrogens (tertiary/aromatic N) is 2. The Hall–Kier alpha value is -1.42. The first-order chi connectivity index (χ1) is 7.65. The molecule has 0 aromatic carbocycles.